The predicted molar refractivity (Wildman–Crippen MR) is 97.0 cm³/mol. The minimum Gasteiger partial charge on any atom is -0.481 e. The van der Waals surface area contributed by atoms with Crippen molar-refractivity contribution in [3.8, 4) is 0 Å². The summed E-state index contributed by atoms with van der Waals surface area (Å²) in [6.45, 7) is 4.65. The van der Waals surface area contributed by atoms with Crippen LogP contribution in [0.4, 0.5) is 0 Å². The van der Waals surface area contributed by atoms with Crippen LogP contribution in [0.1, 0.15) is 58.8 Å². The molecule has 1 rings (SSSR count). The maximum Gasteiger partial charge on any atom is 0.304 e. The fraction of sp³-hybridized carbons (Fsp3) is 0.737. The second kappa shape index (κ2) is 10.9. The number of rotatable bonds is 4. The van der Waals surface area contributed by atoms with E-state index in [-0.39, 0.29) is 24.2 Å². The van der Waals surface area contributed by atoms with Gasteiger partial charge in [-0.2, -0.15) is 0 Å². The molecular formula is C19H32N2O4. The fourth-order valence-electron chi connectivity index (χ4n) is 3.06. The third-order valence-electron chi connectivity index (χ3n) is 4.44. The maximum atomic E-state index is 12.7. The average Bonchev–Trinajstić information content (AvgIpc) is 2.52. The van der Waals surface area contributed by atoms with Crippen molar-refractivity contribution in [3.63, 3.8) is 0 Å². The Morgan fingerprint density at radius 3 is 2.52 bits per heavy atom. The highest BCUT2D eigenvalue weighted by Crippen LogP contribution is 2.16. The highest BCUT2D eigenvalue weighted by Gasteiger charge is 2.29. The van der Waals surface area contributed by atoms with Crippen molar-refractivity contribution in [2.24, 2.45) is 11.8 Å². The van der Waals surface area contributed by atoms with Crippen LogP contribution in [0.15, 0.2) is 12.2 Å². The number of nitrogens with one attached hydrogen (secondary N) is 1. The molecule has 0 saturated carbocycles. The number of likely N-dealkylation sites (N-methyl/N-ethyl adjacent to an activating group) is 1. The Balaban J connectivity index is 2.95. The van der Waals surface area contributed by atoms with Gasteiger partial charge in [-0.05, 0) is 44.4 Å². The molecule has 0 unspecified atom stereocenters. The number of carbonyl (C=O) groups excluding carboxylic acids is 2. The molecule has 2 N–H and O–H groups in total. The summed E-state index contributed by atoms with van der Waals surface area (Å²) in [6.07, 6.45) is 8.45. The molecule has 25 heavy (non-hydrogen) atoms. The summed E-state index contributed by atoms with van der Waals surface area (Å²) >= 11 is 0. The Morgan fingerprint density at radius 2 is 1.92 bits per heavy atom. The largest absolute Gasteiger partial charge is 0.481 e. The molecule has 1 aliphatic heterocycles. The highest BCUT2D eigenvalue weighted by atomic mass is 16.4. The number of carboxylic acids is 1. The molecule has 6 heteroatoms. The molecule has 0 spiro atoms. The van der Waals surface area contributed by atoms with E-state index >= 15 is 0 Å². The average molecular weight is 352 g/mol. The zero-order valence-corrected chi connectivity index (χ0v) is 15.7. The normalized spacial score (nSPS) is 25.4. The molecule has 1 heterocycles. The summed E-state index contributed by atoms with van der Waals surface area (Å²) in [5, 5.41) is 11.9. The van der Waals surface area contributed by atoms with Crippen LogP contribution >= 0.6 is 0 Å². The van der Waals surface area contributed by atoms with Gasteiger partial charge in [0, 0.05) is 19.5 Å². The number of carbonyl (C=O) groups is 3. The Bertz CT molecular complexity index is 488. The van der Waals surface area contributed by atoms with Crippen molar-refractivity contribution in [3.05, 3.63) is 12.2 Å². The van der Waals surface area contributed by atoms with E-state index < -0.39 is 17.9 Å². The molecule has 142 valence electrons. The van der Waals surface area contributed by atoms with Crippen molar-refractivity contribution >= 4 is 17.8 Å². The van der Waals surface area contributed by atoms with E-state index in [4.69, 9.17) is 5.11 Å². The van der Waals surface area contributed by atoms with Crippen molar-refractivity contribution in [1.29, 1.82) is 0 Å². The van der Waals surface area contributed by atoms with E-state index in [0.29, 0.717) is 19.4 Å². The van der Waals surface area contributed by atoms with Crippen LogP contribution in [-0.2, 0) is 14.4 Å². The monoisotopic (exact) mass is 352 g/mol. The van der Waals surface area contributed by atoms with Gasteiger partial charge in [0.05, 0.1) is 6.42 Å². The first kappa shape index (κ1) is 21.2. The number of aliphatic carboxylic acids is 1. The number of hydrogen-bond donors (Lipinski definition) is 2. The van der Waals surface area contributed by atoms with Crippen molar-refractivity contribution in [2.75, 3.05) is 13.6 Å². The van der Waals surface area contributed by atoms with Crippen LogP contribution in [0.25, 0.3) is 0 Å². The van der Waals surface area contributed by atoms with E-state index in [1.807, 2.05) is 13.8 Å². The molecule has 0 aromatic carbocycles. The number of hydrogen-bond acceptors (Lipinski definition) is 3. The van der Waals surface area contributed by atoms with Gasteiger partial charge in [-0.15, -0.1) is 0 Å². The van der Waals surface area contributed by atoms with E-state index in [1.54, 1.807) is 11.9 Å². The number of carboxylic acid groups (broad SMARTS) is 1. The van der Waals surface area contributed by atoms with Gasteiger partial charge in [0.2, 0.25) is 11.8 Å². The van der Waals surface area contributed by atoms with Crippen LogP contribution < -0.4 is 5.32 Å². The molecular weight excluding hydrogens is 320 g/mol. The van der Waals surface area contributed by atoms with E-state index in [9.17, 15) is 14.4 Å². The Kier molecular flexibility index (Phi) is 9.24. The standard InChI is InChI=1S/C19H32N2O4/c1-14(2)12-16-19(25)21(3)11-9-7-5-4-6-8-10-15(13-17(22)23)18(24)20-16/h4-5,14-16H,6-13H2,1-3H3,(H,20,24)(H,22,23)/b5-4+/t15-,16+/m1/s1. The quantitative estimate of drug-likeness (QED) is 0.762. The Morgan fingerprint density at radius 1 is 1.28 bits per heavy atom. The van der Waals surface area contributed by atoms with Crippen molar-refractivity contribution in [1.82, 2.24) is 10.2 Å². The lowest BCUT2D eigenvalue weighted by atomic mass is 9.95. The van der Waals surface area contributed by atoms with Crippen molar-refractivity contribution < 1.29 is 19.5 Å². The predicted octanol–water partition coefficient (Wildman–Crippen LogP) is 2.59. The Hall–Kier alpha value is -1.85. The van der Waals surface area contributed by atoms with E-state index in [1.165, 1.54) is 0 Å². The molecule has 0 aromatic rings. The summed E-state index contributed by atoms with van der Waals surface area (Å²) in [5.41, 5.74) is 0. The van der Waals surface area contributed by atoms with Crippen LogP contribution in [0, 0.1) is 11.8 Å². The van der Waals surface area contributed by atoms with Crippen LogP contribution in [0.2, 0.25) is 0 Å². The summed E-state index contributed by atoms with van der Waals surface area (Å²) in [4.78, 5) is 38.1. The second-order valence-corrected chi connectivity index (χ2v) is 7.29. The summed E-state index contributed by atoms with van der Waals surface area (Å²) in [7, 11) is 1.76. The zero-order chi connectivity index (χ0) is 18.8. The third kappa shape index (κ3) is 8.18. The van der Waals surface area contributed by atoms with E-state index in [0.717, 1.165) is 25.7 Å². The van der Waals surface area contributed by atoms with Crippen LogP contribution in [0.3, 0.4) is 0 Å². The fourth-order valence-corrected chi connectivity index (χ4v) is 3.06. The molecule has 0 aromatic heterocycles. The first-order chi connectivity index (χ1) is 11.8. The molecule has 2 amide bonds. The molecule has 0 fully saturated rings. The minimum atomic E-state index is -0.985. The summed E-state index contributed by atoms with van der Waals surface area (Å²) in [5.74, 6) is -1.75. The van der Waals surface area contributed by atoms with Crippen molar-refractivity contribution in [2.45, 2.75) is 64.8 Å². The zero-order valence-electron chi connectivity index (χ0n) is 15.7. The summed E-state index contributed by atoms with van der Waals surface area (Å²) in [6, 6.07) is -0.590. The molecule has 2 atom stereocenters. The molecule has 1 aliphatic rings. The first-order valence-corrected chi connectivity index (χ1v) is 9.23. The smallest absolute Gasteiger partial charge is 0.304 e. The van der Waals surface area contributed by atoms with Gasteiger partial charge >= 0.3 is 5.97 Å². The van der Waals surface area contributed by atoms with Gasteiger partial charge in [0.25, 0.3) is 0 Å². The van der Waals surface area contributed by atoms with Gasteiger partial charge in [-0.1, -0.05) is 26.0 Å². The van der Waals surface area contributed by atoms with Crippen LogP contribution in [0.5, 0.6) is 0 Å². The summed E-state index contributed by atoms with van der Waals surface area (Å²) < 4.78 is 0. The van der Waals surface area contributed by atoms with Gasteiger partial charge in [0.15, 0.2) is 0 Å². The molecule has 6 nitrogen and oxygen atoms in total. The highest BCUT2D eigenvalue weighted by molar-refractivity contribution is 5.89. The number of amides is 2. The maximum absolute atomic E-state index is 12.7. The number of allylic oxidation sites excluding steroid dienone is 2. The van der Waals surface area contributed by atoms with E-state index in [2.05, 4.69) is 17.5 Å². The minimum absolute atomic E-state index is 0.0998. The lowest BCUT2D eigenvalue weighted by Crippen LogP contribution is -2.50. The molecule has 0 saturated heterocycles. The van der Waals surface area contributed by atoms with Crippen LogP contribution in [-0.4, -0.2) is 47.4 Å². The Labute approximate surface area is 150 Å². The van der Waals surface area contributed by atoms with Gasteiger partial charge in [0.1, 0.15) is 6.04 Å². The van der Waals surface area contributed by atoms with Gasteiger partial charge in [-0.3, -0.25) is 14.4 Å². The third-order valence-corrected chi connectivity index (χ3v) is 4.44. The van der Waals surface area contributed by atoms with Gasteiger partial charge < -0.3 is 15.3 Å². The molecule has 0 aliphatic carbocycles. The lowest BCUT2D eigenvalue weighted by molar-refractivity contribution is -0.142. The SMILES string of the molecule is CC(C)C[C@@H]1NC(=O)[C@@H](CC(=O)O)CCC/C=C/CCCN(C)C1=O. The lowest BCUT2D eigenvalue weighted by Gasteiger charge is -2.27. The first-order valence-electron chi connectivity index (χ1n) is 9.23. The van der Waals surface area contributed by atoms with Gasteiger partial charge in [-0.25, -0.2) is 0 Å². The molecule has 0 radical (unpaired) electrons. The number of nitrogens with zero attached hydrogens (tertiary/aromatic N) is 1. The second-order valence-electron chi connectivity index (χ2n) is 7.29. The molecule has 0 bridgehead atoms. The topological polar surface area (TPSA) is 86.7 Å².